The predicted octanol–water partition coefficient (Wildman–Crippen LogP) is 1.09. The van der Waals surface area contributed by atoms with E-state index in [1.807, 2.05) is 0 Å². The number of carbonyl (C=O) groups is 3. The molecule has 0 aliphatic carbocycles. The van der Waals surface area contributed by atoms with Gasteiger partial charge in [0.05, 0.1) is 11.4 Å². The maximum atomic E-state index is 11.7. The molecule has 0 aliphatic rings. The fourth-order valence-electron chi connectivity index (χ4n) is 1.52. The van der Waals surface area contributed by atoms with Crippen molar-refractivity contribution < 1.29 is 19.5 Å². The summed E-state index contributed by atoms with van der Waals surface area (Å²) < 4.78 is 0. The molecule has 1 atom stereocenters. The summed E-state index contributed by atoms with van der Waals surface area (Å²) in [6, 6.07) is 2.38. The van der Waals surface area contributed by atoms with Crippen LogP contribution in [0.4, 0.5) is 0 Å². The molecule has 0 spiro atoms. The smallest absolute Gasteiger partial charge is 0.326 e. The lowest BCUT2D eigenvalue weighted by molar-refractivity contribution is -0.144. The van der Waals surface area contributed by atoms with Gasteiger partial charge in [-0.15, -0.1) is 11.3 Å². The summed E-state index contributed by atoms with van der Waals surface area (Å²) in [5.74, 6) is -1.98. The first-order chi connectivity index (χ1) is 9.21. The molecule has 0 bridgehead atoms. The van der Waals surface area contributed by atoms with Crippen LogP contribution in [0.2, 0.25) is 0 Å². The van der Waals surface area contributed by atoms with Gasteiger partial charge in [0.15, 0.2) is 0 Å². The fourth-order valence-corrected chi connectivity index (χ4v) is 2.16. The summed E-state index contributed by atoms with van der Waals surface area (Å²) in [6.07, 6.45) is 0. The standard InChI is InChI=1S/C13H18N2O4S/c1-13(2,3)10(12(18)19)15-9(16)7-14-11(17)8-5-4-6-20-8/h4-6,10H,7H2,1-3H3,(H,14,17)(H,15,16)(H,18,19)/t10-/m1/s1. The van der Waals surface area contributed by atoms with Gasteiger partial charge in [0.2, 0.25) is 5.91 Å². The molecule has 1 aromatic heterocycles. The number of rotatable bonds is 5. The highest BCUT2D eigenvalue weighted by Crippen LogP contribution is 2.19. The molecule has 0 unspecified atom stereocenters. The Balaban J connectivity index is 2.51. The van der Waals surface area contributed by atoms with Crippen LogP contribution in [0.25, 0.3) is 0 Å². The Bertz CT molecular complexity index is 491. The number of carboxylic acids is 1. The summed E-state index contributed by atoms with van der Waals surface area (Å²) in [7, 11) is 0. The minimum absolute atomic E-state index is 0.253. The minimum atomic E-state index is -1.10. The first-order valence-electron chi connectivity index (χ1n) is 6.05. The van der Waals surface area contributed by atoms with Gasteiger partial charge in [-0.05, 0) is 16.9 Å². The van der Waals surface area contributed by atoms with E-state index in [4.69, 9.17) is 5.11 Å². The van der Waals surface area contributed by atoms with Crippen LogP contribution < -0.4 is 10.6 Å². The molecule has 1 rings (SSSR count). The SMILES string of the molecule is CC(C)(C)[C@H](NC(=O)CNC(=O)c1cccs1)C(=O)O. The van der Waals surface area contributed by atoms with Crippen LogP contribution in [0.5, 0.6) is 0 Å². The van der Waals surface area contributed by atoms with Gasteiger partial charge >= 0.3 is 5.97 Å². The summed E-state index contributed by atoms with van der Waals surface area (Å²) in [5, 5.41) is 15.7. The van der Waals surface area contributed by atoms with E-state index in [-0.39, 0.29) is 12.5 Å². The van der Waals surface area contributed by atoms with Crippen LogP contribution in [0.3, 0.4) is 0 Å². The van der Waals surface area contributed by atoms with Gasteiger partial charge in [0.25, 0.3) is 5.91 Å². The van der Waals surface area contributed by atoms with Crippen molar-refractivity contribution in [2.24, 2.45) is 5.41 Å². The molecular weight excluding hydrogens is 280 g/mol. The average molecular weight is 298 g/mol. The molecule has 6 nitrogen and oxygen atoms in total. The van der Waals surface area contributed by atoms with Crippen molar-refractivity contribution in [3.05, 3.63) is 22.4 Å². The van der Waals surface area contributed by atoms with E-state index in [1.165, 1.54) is 11.3 Å². The number of nitrogens with one attached hydrogen (secondary N) is 2. The monoisotopic (exact) mass is 298 g/mol. The Morgan fingerprint density at radius 2 is 2.00 bits per heavy atom. The van der Waals surface area contributed by atoms with Gasteiger partial charge in [-0.25, -0.2) is 4.79 Å². The Morgan fingerprint density at radius 1 is 1.35 bits per heavy atom. The molecule has 2 amide bonds. The van der Waals surface area contributed by atoms with Crippen LogP contribution in [0.1, 0.15) is 30.4 Å². The lowest BCUT2D eigenvalue weighted by atomic mass is 9.87. The molecule has 7 heteroatoms. The van der Waals surface area contributed by atoms with E-state index in [0.29, 0.717) is 4.88 Å². The number of carbonyl (C=O) groups excluding carboxylic acids is 2. The van der Waals surface area contributed by atoms with E-state index < -0.39 is 23.3 Å². The van der Waals surface area contributed by atoms with E-state index in [0.717, 1.165) is 0 Å². The molecule has 0 saturated heterocycles. The van der Waals surface area contributed by atoms with Crippen molar-refractivity contribution in [3.63, 3.8) is 0 Å². The summed E-state index contributed by atoms with van der Waals surface area (Å²) >= 11 is 1.27. The second kappa shape index (κ2) is 6.51. The number of carboxylic acid groups (broad SMARTS) is 1. The molecule has 1 heterocycles. The van der Waals surface area contributed by atoms with E-state index >= 15 is 0 Å². The minimum Gasteiger partial charge on any atom is -0.480 e. The van der Waals surface area contributed by atoms with Gasteiger partial charge in [-0.2, -0.15) is 0 Å². The normalized spacial score (nSPS) is 12.6. The van der Waals surface area contributed by atoms with Crippen LogP contribution >= 0.6 is 11.3 Å². The van der Waals surface area contributed by atoms with Crippen molar-refractivity contribution in [2.45, 2.75) is 26.8 Å². The highest BCUT2D eigenvalue weighted by atomic mass is 32.1. The topological polar surface area (TPSA) is 95.5 Å². The van der Waals surface area contributed by atoms with Gasteiger partial charge in [0.1, 0.15) is 6.04 Å². The number of hydrogen-bond donors (Lipinski definition) is 3. The molecule has 0 aliphatic heterocycles. The largest absolute Gasteiger partial charge is 0.480 e. The van der Waals surface area contributed by atoms with Crippen LogP contribution in [-0.2, 0) is 9.59 Å². The molecule has 0 radical (unpaired) electrons. The maximum absolute atomic E-state index is 11.7. The number of aliphatic carboxylic acids is 1. The summed E-state index contributed by atoms with van der Waals surface area (Å²) in [6.45, 7) is 4.90. The maximum Gasteiger partial charge on any atom is 0.326 e. The molecule has 0 fully saturated rings. The third kappa shape index (κ3) is 4.65. The molecule has 1 aromatic rings. The highest BCUT2D eigenvalue weighted by Gasteiger charge is 2.32. The van der Waals surface area contributed by atoms with Crippen molar-refractivity contribution >= 4 is 29.1 Å². The quantitative estimate of drug-likeness (QED) is 0.758. The van der Waals surface area contributed by atoms with Crippen molar-refractivity contribution in [2.75, 3.05) is 6.54 Å². The number of hydrogen-bond acceptors (Lipinski definition) is 4. The first kappa shape index (κ1) is 16.2. The van der Waals surface area contributed by atoms with E-state index in [9.17, 15) is 14.4 Å². The van der Waals surface area contributed by atoms with E-state index in [1.54, 1.807) is 38.3 Å². The van der Waals surface area contributed by atoms with Crippen molar-refractivity contribution in [1.29, 1.82) is 0 Å². The lowest BCUT2D eigenvalue weighted by Crippen LogP contribution is -2.51. The molecule has 0 saturated carbocycles. The first-order valence-corrected chi connectivity index (χ1v) is 6.93. The Morgan fingerprint density at radius 3 is 2.45 bits per heavy atom. The Labute approximate surface area is 121 Å². The molecule has 3 N–H and O–H groups in total. The molecule has 0 aromatic carbocycles. The molecule has 110 valence electrons. The zero-order valence-electron chi connectivity index (χ0n) is 11.6. The van der Waals surface area contributed by atoms with Gasteiger partial charge in [0, 0.05) is 0 Å². The predicted molar refractivity (Wildman–Crippen MR) is 75.7 cm³/mol. The van der Waals surface area contributed by atoms with Crippen LogP contribution in [-0.4, -0.2) is 35.5 Å². The van der Waals surface area contributed by atoms with Gasteiger partial charge < -0.3 is 15.7 Å². The Hall–Kier alpha value is -1.89. The van der Waals surface area contributed by atoms with Crippen LogP contribution in [0, 0.1) is 5.41 Å². The zero-order chi connectivity index (χ0) is 15.3. The number of amides is 2. The van der Waals surface area contributed by atoms with Gasteiger partial charge in [-0.3, -0.25) is 9.59 Å². The second-order valence-electron chi connectivity index (χ2n) is 5.36. The molecule has 20 heavy (non-hydrogen) atoms. The van der Waals surface area contributed by atoms with Crippen molar-refractivity contribution in [3.8, 4) is 0 Å². The third-order valence-electron chi connectivity index (χ3n) is 2.57. The second-order valence-corrected chi connectivity index (χ2v) is 6.31. The Kier molecular flexibility index (Phi) is 5.26. The summed E-state index contributed by atoms with van der Waals surface area (Å²) in [5.41, 5.74) is -0.612. The lowest BCUT2D eigenvalue weighted by Gasteiger charge is -2.27. The third-order valence-corrected chi connectivity index (χ3v) is 3.44. The molecular formula is C13H18N2O4S. The summed E-state index contributed by atoms with van der Waals surface area (Å²) in [4.78, 5) is 34.9. The number of thiophene rings is 1. The zero-order valence-corrected chi connectivity index (χ0v) is 12.4. The van der Waals surface area contributed by atoms with Crippen molar-refractivity contribution in [1.82, 2.24) is 10.6 Å². The van der Waals surface area contributed by atoms with E-state index in [2.05, 4.69) is 10.6 Å². The highest BCUT2D eigenvalue weighted by molar-refractivity contribution is 7.12. The van der Waals surface area contributed by atoms with Gasteiger partial charge in [-0.1, -0.05) is 26.8 Å². The fraction of sp³-hybridized carbons (Fsp3) is 0.462. The average Bonchev–Trinajstić information content (AvgIpc) is 2.84. The van der Waals surface area contributed by atoms with Crippen LogP contribution in [0.15, 0.2) is 17.5 Å².